The van der Waals surface area contributed by atoms with Gasteiger partial charge in [-0.25, -0.2) is 4.98 Å². The maximum absolute atomic E-state index is 12.5. The Labute approximate surface area is 127 Å². The smallest absolute Gasteiger partial charge is 0.256 e. The summed E-state index contributed by atoms with van der Waals surface area (Å²) in [5, 5.41) is 0. The van der Waals surface area contributed by atoms with Gasteiger partial charge in [0.25, 0.3) is 5.91 Å². The van der Waals surface area contributed by atoms with E-state index < -0.39 is 0 Å². The van der Waals surface area contributed by atoms with Crippen molar-refractivity contribution in [3.63, 3.8) is 0 Å². The minimum atomic E-state index is 0.0170. The van der Waals surface area contributed by atoms with Crippen LogP contribution in [0.5, 0.6) is 0 Å². The molecule has 0 saturated heterocycles. The number of pyridine rings is 1. The molecule has 0 aliphatic rings. The molecule has 4 heteroatoms. The molecule has 0 unspecified atom stereocenters. The summed E-state index contributed by atoms with van der Waals surface area (Å²) in [4.78, 5) is 18.4. The Morgan fingerprint density at radius 2 is 1.95 bits per heavy atom. The van der Waals surface area contributed by atoms with E-state index in [0.717, 1.165) is 6.42 Å². The molecular weight excluding hydrogens is 316 g/mol. The highest BCUT2D eigenvalue weighted by Crippen LogP contribution is 2.15. The van der Waals surface area contributed by atoms with Crippen LogP contribution >= 0.6 is 15.9 Å². The Hall–Kier alpha value is -1.68. The van der Waals surface area contributed by atoms with E-state index in [0.29, 0.717) is 23.3 Å². The lowest BCUT2D eigenvalue weighted by molar-refractivity contribution is 0.0765. The molecule has 0 spiro atoms. The molecule has 0 radical (unpaired) electrons. The van der Waals surface area contributed by atoms with Crippen molar-refractivity contribution in [1.82, 2.24) is 9.88 Å². The van der Waals surface area contributed by atoms with E-state index in [4.69, 9.17) is 0 Å². The van der Waals surface area contributed by atoms with E-state index in [1.807, 2.05) is 30.0 Å². The van der Waals surface area contributed by atoms with Crippen LogP contribution in [0.25, 0.3) is 0 Å². The molecule has 1 amide bonds. The number of benzene rings is 1. The Balaban J connectivity index is 2.05. The van der Waals surface area contributed by atoms with E-state index >= 15 is 0 Å². The lowest BCUT2D eigenvalue weighted by Crippen LogP contribution is -2.33. The first-order valence-electron chi connectivity index (χ1n) is 6.66. The molecule has 0 aliphatic carbocycles. The number of halogens is 1. The van der Waals surface area contributed by atoms with Gasteiger partial charge in [0, 0.05) is 19.3 Å². The summed E-state index contributed by atoms with van der Waals surface area (Å²) in [6.07, 6.45) is 2.53. The summed E-state index contributed by atoms with van der Waals surface area (Å²) in [7, 11) is 0. The van der Waals surface area contributed by atoms with Crippen LogP contribution in [-0.4, -0.2) is 28.9 Å². The van der Waals surface area contributed by atoms with Crippen LogP contribution < -0.4 is 0 Å². The number of carbonyl (C=O) groups is 1. The summed E-state index contributed by atoms with van der Waals surface area (Å²) in [6, 6.07) is 13.8. The van der Waals surface area contributed by atoms with E-state index in [1.54, 1.807) is 18.3 Å². The predicted molar refractivity (Wildman–Crippen MR) is 83.7 cm³/mol. The topological polar surface area (TPSA) is 33.2 Å². The minimum Gasteiger partial charge on any atom is -0.339 e. The van der Waals surface area contributed by atoms with E-state index in [2.05, 4.69) is 33.0 Å². The van der Waals surface area contributed by atoms with E-state index in [-0.39, 0.29) is 5.91 Å². The highest BCUT2D eigenvalue weighted by Gasteiger charge is 2.16. The maximum Gasteiger partial charge on any atom is 0.256 e. The summed E-state index contributed by atoms with van der Waals surface area (Å²) < 4.78 is 0.600. The first-order chi connectivity index (χ1) is 9.72. The van der Waals surface area contributed by atoms with Crippen molar-refractivity contribution in [1.29, 1.82) is 0 Å². The van der Waals surface area contributed by atoms with Gasteiger partial charge in [-0.2, -0.15) is 0 Å². The predicted octanol–water partition coefficient (Wildman–Crippen LogP) is 3.55. The fourth-order valence-electron chi connectivity index (χ4n) is 2.03. The largest absolute Gasteiger partial charge is 0.339 e. The number of aromatic nitrogens is 1. The van der Waals surface area contributed by atoms with Crippen molar-refractivity contribution < 1.29 is 4.79 Å². The van der Waals surface area contributed by atoms with Gasteiger partial charge in [0.2, 0.25) is 0 Å². The number of hydrogen-bond donors (Lipinski definition) is 0. The molecule has 20 heavy (non-hydrogen) atoms. The van der Waals surface area contributed by atoms with Gasteiger partial charge < -0.3 is 4.90 Å². The monoisotopic (exact) mass is 332 g/mol. The average Bonchev–Trinajstić information content (AvgIpc) is 2.49. The van der Waals surface area contributed by atoms with Gasteiger partial charge in [0.15, 0.2) is 0 Å². The van der Waals surface area contributed by atoms with Gasteiger partial charge in [-0.3, -0.25) is 4.79 Å². The lowest BCUT2D eigenvalue weighted by atomic mass is 10.1. The van der Waals surface area contributed by atoms with Crippen LogP contribution in [0.4, 0.5) is 0 Å². The van der Waals surface area contributed by atoms with Gasteiger partial charge in [0.1, 0.15) is 4.60 Å². The first kappa shape index (κ1) is 14.7. The van der Waals surface area contributed by atoms with E-state index in [1.165, 1.54) is 5.56 Å². The summed E-state index contributed by atoms with van der Waals surface area (Å²) in [6.45, 7) is 3.39. The van der Waals surface area contributed by atoms with Gasteiger partial charge >= 0.3 is 0 Å². The summed E-state index contributed by atoms with van der Waals surface area (Å²) in [5.41, 5.74) is 1.85. The summed E-state index contributed by atoms with van der Waals surface area (Å²) in [5.74, 6) is 0.0170. The van der Waals surface area contributed by atoms with Gasteiger partial charge in [-0.1, -0.05) is 30.3 Å². The van der Waals surface area contributed by atoms with Crippen molar-refractivity contribution in [2.45, 2.75) is 13.3 Å². The second-order valence-electron chi connectivity index (χ2n) is 4.46. The molecule has 2 rings (SSSR count). The number of carbonyl (C=O) groups excluding carboxylic acids is 1. The molecule has 1 heterocycles. The normalized spacial score (nSPS) is 10.3. The SMILES string of the molecule is CCN(CCc1ccccc1)C(=O)c1cccnc1Br. The Morgan fingerprint density at radius 3 is 2.60 bits per heavy atom. The number of likely N-dealkylation sites (N-methyl/N-ethyl adjacent to an activating group) is 1. The molecule has 0 N–H and O–H groups in total. The van der Waals surface area contributed by atoms with Gasteiger partial charge in [0.05, 0.1) is 5.56 Å². The molecule has 2 aromatic rings. The Bertz CT molecular complexity index is 572. The highest BCUT2D eigenvalue weighted by molar-refractivity contribution is 9.10. The number of hydrogen-bond acceptors (Lipinski definition) is 2. The third-order valence-corrected chi connectivity index (χ3v) is 3.80. The Morgan fingerprint density at radius 1 is 1.20 bits per heavy atom. The molecule has 0 saturated carbocycles. The molecule has 1 aromatic heterocycles. The molecular formula is C16H17BrN2O. The van der Waals surface area contributed by atoms with Crippen LogP contribution in [0.2, 0.25) is 0 Å². The molecule has 0 aliphatic heterocycles. The van der Waals surface area contributed by atoms with Gasteiger partial charge in [-0.05, 0) is 47.0 Å². The minimum absolute atomic E-state index is 0.0170. The standard InChI is InChI=1S/C16H17BrN2O/c1-2-19(12-10-13-7-4-3-5-8-13)16(20)14-9-6-11-18-15(14)17/h3-9,11H,2,10,12H2,1H3. The molecule has 0 bridgehead atoms. The Kier molecular flexibility index (Phi) is 5.30. The van der Waals surface area contributed by atoms with E-state index in [9.17, 15) is 4.79 Å². The fourth-order valence-corrected chi connectivity index (χ4v) is 2.45. The zero-order valence-electron chi connectivity index (χ0n) is 11.4. The van der Waals surface area contributed by atoms with Crippen LogP contribution in [0.15, 0.2) is 53.3 Å². The molecule has 1 aromatic carbocycles. The third-order valence-electron chi connectivity index (χ3n) is 3.17. The number of nitrogens with zero attached hydrogens (tertiary/aromatic N) is 2. The zero-order valence-corrected chi connectivity index (χ0v) is 13.0. The van der Waals surface area contributed by atoms with Crippen molar-refractivity contribution in [3.05, 3.63) is 64.4 Å². The fraction of sp³-hybridized carbons (Fsp3) is 0.250. The van der Waals surface area contributed by atoms with Gasteiger partial charge in [-0.15, -0.1) is 0 Å². The highest BCUT2D eigenvalue weighted by atomic mass is 79.9. The quantitative estimate of drug-likeness (QED) is 0.784. The van der Waals surface area contributed by atoms with Crippen LogP contribution in [0, 0.1) is 0 Å². The van der Waals surface area contributed by atoms with Crippen molar-refractivity contribution >= 4 is 21.8 Å². The zero-order chi connectivity index (χ0) is 14.4. The lowest BCUT2D eigenvalue weighted by Gasteiger charge is -2.21. The molecule has 0 atom stereocenters. The van der Waals surface area contributed by atoms with Crippen LogP contribution in [-0.2, 0) is 6.42 Å². The molecule has 3 nitrogen and oxygen atoms in total. The summed E-state index contributed by atoms with van der Waals surface area (Å²) >= 11 is 3.33. The molecule has 104 valence electrons. The van der Waals surface area contributed by atoms with Crippen molar-refractivity contribution in [2.24, 2.45) is 0 Å². The van der Waals surface area contributed by atoms with Crippen molar-refractivity contribution in [3.8, 4) is 0 Å². The second kappa shape index (κ2) is 7.20. The third kappa shape index (κ3) is 3.67. The molecule has 0 fully saturated rings. The average molecular weight is 333 g/mol. The second-order valence-corrected chi connectivity index (χ2v) is 5.21. The van der Waals surface area contributed by atoms with Crippen LogP contribution in [0.1, 0.15) is 22.8 Å². The first-order valence-corrected chi connectivity index (χ1v) is 7.45. The number of amides is 1. The van der Waals surface area contributed by atoms with Crippen LogP contribution in [0.3, 0.4) is 0 Å². The van der Waals surface area contributed by atoms with Crippen molar-refractivity contribution in [2.75, 3.05) is 13.1 Å². The number of rotatable bonds is 5. The maximum atomic E-state index is 12.5.